The third-order valence-electron chi connectivity index (χ3n) is 4.48. The van der Waals surface area contributed by atoms with Gasteiger partial charge in [-0.05, 0) is 53.2 Å². The number of aromatic nitrogens is 2. The average molecular weight is 388 g/mol. The Hall–Kier alpha value is -2.77. The lowest BCUT2D eigenvalue weighted by Gasteiger charge is -2.24. The molecule has 1 N–H and O–H groups in total. The summed E-state index contributed by atoms with van der Waals surface area (Å²) in [7, 11) is 0. The van der Waals surface area contributed by atoms with Crippen LogP contribution < -0.4 is 10.1 Å². The topological polar surface area (TPSA) is 85.2 Å². The summed E-state index contributed by atoms with van der Waals surface area (Å²) < 4.78 is 12.8. The van der Waals surface area contributed by atoms with E-state index < -0.39 is 5.60 Å². The number of amides is 2. The molecule has 1 saturated heterocycles. The van der Waals surface area contributed by atoms with Gasteiger partial charge in [0.05, 0.1) is 12.3 Å². The number of aryl methyl sites for hydroxylation is 1. The van der Waals surface area contributed by atoms with Gasteiger partial charge in [0.1, 0.15) is 11.3 Å². The number of nitrogens with zero attached hydrogens (tertiary/aromatic N) is 3. The van der Waals surface area contributed by atoms with Crippen molar-refractivity contribution in [1.29, 1.82) is 0 Å². The molecule has 0 spiro atoms. The number of imidazole rings is 1. The summed E-state index contributed by atoms with van der Waals surface area (Å²) in [6.07, 6.45) is 2.14. The molecule has 0 unspecified atom stereocenters. The first-order valence-electron chi connectivity index (χ1n) is 9.59. The standard InChI is InChI=1S/C20H28N4O4/c1-6-27-15-8-7-10-24-16(13(2)21-17(15)24)18(25)22-14-9-11-23(12-14)19(26)28-20(3,4)5/h7-8,10,14H,6,9,11-12H2,1-5H3,(H,22,25)/t14-/m1/s1. The fraction of sp³-hybridized carbons (Fsp3) is 0.550. The van der Waals surface area contributed by atoms with E-state index in [0.717, 1.165) is 0 Å². The minimum Gasteiger partial charge on any atom is -0.490 e. The molecule has 0 saturated carbocycles. The number of pyridine rings is 1. The van der Waals surface area contributed by atoms with Gasteiger partial charge < -0.3 is 19.7 Å². The van der Waals surface area contributed by atoms with E-state index in [9.17, 15) is 9.59 Å². The number of fused-ring (bicyclic) bond motifs is 1. The van der Waals surface area contributed by atoms with Crippen molar-refractivity contribution < 1.29 is 19.1 Å². The minimum atomic E-state index is -0.537. The Kier molecular flexibility index (Phi) is 5.49. The maximum absolute atomic E-state index is 12.9. The smallest absolute Gasteiger partial charge is 0.410 e. The van der Waals surface area contributed by atoms with Crippen LogP contribution in [0.4, 0.5) is 4.79 Å². The van der Waals surface area contributed by atoms with Crippen LogP contribution in [0.25, 0.3) is 5.65 Å². The Bertz CT molecular complexity index is 884. The molecule has 3 heterocycles. The van der Waals surface area contributed by atoms with Gasteiger partial charge in [-0.2, -0.15) is 0 Å². The van der Waals surface area contributed by atoms with E-state index in [1.165, 1.54) is 0 Å². The monoisotopic (exact) mass is 388 g/mol. The normalized spacial score (nSPS) is 17.0. The Balaban J connectivity index is 1.71. The van der Waals surface area contributed by atoms with E-state index in [-0.39, 0.29) is 18.0 Å². The summed E-state index contributed by atoms with van der Waals surface area (Å²) in [6, 6.07) is 3.54. The number of likely N-dealkylation sites (tertiary alicyclic amines) is 1. The number of carbonyl (C=O) groups excluding carboxylic acids is 2. The first-order chi connectivity index (χ1) is 13.2. The number of hydrogen-bond donors (Lipinski definition) is 1. The van der Waals surface area contributed by atoms with Gasteiger partial charge in [-0.1, -0.05) is 0 Å². The second kappa shape index (κ2) is 7.69. The number of nitrogens with one attached hydrogen (secondary N) is 1. The molecule has 0 aromatic carbocycles. The molecule has 0 bridgehead atoms. The molecule has 2 amide bonds. The van der Waals surface area contributed by atoms with Gasteiger partial charge in [-0.3, -0.25) is 9.20 Å². The van der Waals surface area contributed by atoms with Crippen molar-refractivity contribution in [1.82, 2.24) is 19.6 Å². The van der Waals surface area contributed by atoms with Crippen molar-refractivity contribution in [2.75, 3.05) is 19.7 Å². The van der Waals surface area contributed by atoms with Crippen molar-refractivity contribution in [2.45, 2.75) is 52.7 Å². The third-order valence-corrected chi connectivity index (χ3v) is 4.48. The van der Waals surface area contributed by atoms with Gasteiger partial charge in [0.15, 0.2) is 11.4 Å². The highest BCUT2D eigenvalue weighted by Crippen LogP contribution is 2.22. The maximum atomic E-state index is 12.9. The highest BCUT2D eigenvalue weighted by Gasteiger charge is 2.31. The molecule has 1 fully saturated rings. The van der Waals surface area contributed by atoms with Crippen LogP contribution in [0.5, 0.6) is 5.75 Å². The van der Waals surface area contributed by atoms with E-state index >= 15 is 0 Å². The molecule has 1 aliphatic rings. The van der Waals surface area contributed by atoms with Gasteiger partial charge in [-0.25, -0.2) is 9.78 Å². The first kappa shape index (κ1) is 20.0. The summed E-state index contributed by atoms with van der Waals surface area (Å²) in [5, 5.41) is 3.02. The first-order valence-corrected chi connectivity index (χ1v) is 9.59. The molecular weight excluding hydrogens is 360 g/mol. The summed E-state index contributed by atoms with van der Waals surface area (Å²) in [6.45, 7) is 10.7. The van der Waals surface area contributed by atoms with Crippen LogP contribution in [0.3, 0.4) is 0 Å². The zero-order valence-electron chi connectivity index (χ0n) is 17.1. The molecule has 2 aromatic rings. The van der Waals surface area contributed by atoms with Crippen LogP contribution in [0.2, 0.25) is 0 Å². The van der Waals surface area contributed by atoms with Crippen molar-refractivity contribution in [2.24, 2.45) is 0 Å². The second-order valence-electron chi connectivity index (χ2n) is 7.93. The third kappa shape index (κ3) is 4.21. The van der Waals surface area contributed by atoms with Gasteiger partial charge in [0.2, 0.25) is 0 Å². The average Bonchev–Trinajstić information content (AvgIpc) is 3.18. The van der Waals surface area contributed by atoms with Crippen LogP contribution in [0.15, 0.2) is 18.3 Å². The van der Waals surface area contributed by atoms with Crippen LogP contribution in [-0.4, -0.2) is 57.6 Å². The Morgan fingerprint density at radius 3 is 2.79 bits per heavy atom. The van der Waals surface area contributed by atoms with Gasteiger partial charge in [-0.15, -0.1) is 0 Å². The fourth-order valence-corrected chi connectivity index (χ4v) is 3.32. The van der Waals surface area contributed by atoms with Gasteiger partial charge in [0, 0.05) is 25.3 Å². The maximum Gasteiger partial charge on any atom is 0.410 e. The molecule has 2 aromatic heterocycles. The molecule has 8 heteroatoms. The predicted molar refractivity (Wildman–Crippen MR) is 105 cm³/mol. The molecule has 8 nitrogen and oxygen atoms in total. The molecule has 28 heavy (non-hydrogen) atoms. The summed E-state index contributed by atoms with van der Waals surface area (Å²) >= 11 is 0. The summed E-state index contributed by atoms with van der Waals surface area (Å²) in [5.41, 5.74) is 1.19. The van der Waals surface area contributed by atoms with Crippen LogP contribution in [-0.2, 0) is 4.74 Å². The lowest BCUT2D eigenvalue weighted by molar-refractivity contribution is 0.0290. The Morgan fingerprint density at radius 1 is 1.36 bits per heavy atom. The summed E-state index contributed by atoms with van der Waals surface area (Å²) in [5.74, 6) is 0.429. The lowest BCUT2D eigenvalue weighted by Crippen LogP contribution is -2.40. The van der Waals surface area contributed by atoms with Crippen molar-refractivity contribution >= 4 is 17.6 Å². The Morgan fingerprint density at radius 2 is 2.11 bits per heavy atom. The highest BCUT2D eigenvalue weighted by molar-refractivity contribution is 5.95. The predicted octanol–water partition coefficient (Wildman–Crippen LogP) is 2.78. The summed E-state index contributed by atoms with van der Waals surface area (Å²) in [4.78, 5) is 31.3. The van der Waals surface area contributed by atoms with Crippen LogP contribution in [0, 0.1) is 6.92 Å². The van der Waals surface area contributed by atoms with Crippen LogP contribution >= 0.6 is 0 Å². The number of rotatable bonds is 4. The lowest BCUT2D eigenvalue weighted by atomic mass is 10.2. The molecule has 0 aliphatic carbocycles. The number of ether oxygens (including phenoxy) is 2. The van der Waals surface area contributed by atoms with E-state index in [2.05, 4.69) is 10.3 Å². The number of carbonyl (C=O) groups is 2. The van der Waals surface area contributed by atoms with E-state index in [4.69, 9.17) is 9.47 Å². The van der Waals surface area contributed by atoms with Crippen molar-refractivity contribution in [3.63, 3.8) is 0 Å². The SMILES string of the molecule is CCOc1cccn2c(C(=O)N[C@@H]3CCN(C(=O)OC(C)(C)C)C3)c(C)nc12. The van der Waals surface area contributed by atoms with Gasteiger partial charge >= 0.3 is 6.09 Å². The number of hydrogen-bond acceptors (Lipinski definition) is 5. The second-order valence-corrected chi connectivity index (χ2v) is 7.93. The Labute approximate surface area is 164 Å². The van der Waals surface area contributed by atoms with E-state index in [1.807, 2.05) is 39.8 Å². The molecule has 3 rings (SSSR count). The zero-order chi connectivity index (χ0) is 20.5. The van der Waals surface area contributed by atoms with Crippen molar-refractivity contribution in [3.8, 4) is 5.75 Å². The van der Waals surface area contributed by atoms with Gasteiger partial charge in [0.25, 0.3) is 5.91 Å². The molecule has 1 aliphatic heterocycles. The quantitative estimate of drug-likeness (QED) is 0.871. The molecular formula is C20H28N4O4. The van der Waals surface area contributed by atoms with Crippen LogP contribution in [0.1, 0.15) is 50.3 Å². The molecule has 0 radical (unpaired) electrons. The fourth-order valence-electron chi connectivity index (χ4n) is 3.32. The van der Waals surface area contributed by atoms with Crippen molar-refractivity contribution in [3.05, 3.63) is 29.7 Å². The minimum absolute atomic E-state index is 0.125. The largest absolute Gasteiger partial charge is 0.490 e. The molecule has 1 atom stereocenters. The highest BCUT2D eigenvalue weighted by atomic mass is 16.6. The van der Waals surface area contributed by atoms with E-state index in [1.54, 1.807) is 22.4 Å². The van der Waals surface area contributed by atoms with E-state index in [0.29, 0.717) is 48.9 Å². The zero-order valence-corrected chi connectivity index (χ0v) is 17.1. The molecule has 152 valence electrons.